The molecule has 0 radical (unpaired) electrons. The van der Waals surface area contributed by atoms with E-state index in [2.05, 4.69) is 15.0 Å². The lowest BCUT2D eigenvalue weighted by Gasteiger charge is -2.12. The summed E-state index contributed by atoms with van der Waals surface area (Å²) in [6.45, 7) is 3.50. The van der Waals surface area contributed by atoms with Gasteiger partial charge in [0.25, 0.3) is 5.91 Å². The molecular formula is C19H19N3O3S2. The highest BCUT2D eigenvalue weighted by Crippen LogP contribution is 2.24. The number of hydrogen-bond acceptors (Lipinski definition) is 5. The Hall–Kier alpha value is -2.55. The Morgan fingerprint density at radius 3 is 2.41 bits per heavy atom. The minimum atomic E-state index is -3.65. The fourth-order valence-corrected chi connectivity index (χ4v) is 4.32. The highest BCUT2D eigenvalue weighted by atomic mass is 32.2. The smallest absolute Gasteiger partial charge is 0.255 e. The number of amides is 1. The summed E-state index contributed by atoms with van der Waals surface area (Å²) in [5.41, 5.74) is 3.23. The van der Waals surface area contributed by atoms with Gasteiger partial charge < -0.3 is 5.32 Å². The van der Waals surface area contributed by atoms with Crippen molar-refractivity contribution < 1.29 is 13.2 Å². The normalized spacial score (nSPS) is 11.4. The molecule has 0 aliphatic heterocycles. The van der Waals surface area contributed by atoms with Gasteiger partial charge in [0.1, 0.15) is 5.01 Å². The number of anilines is 1. The average Bonchev–Trinajstić information content (AvgIpc) is 3.19. The molecule has 3 aromatic rings. The van der Waals surface area contributed by atoms with Crippen molar-refractivity contribution in [2.45, 2.75) is 18.7 Å². The second-order valence-corrected chi connectivity index (χ2v) is 8.74. The molecule has 2 aromatic carbocycles. The lowest BCUT2D eigenvalue weighted by atomic mass is 10.1. The van der Waals surface area contributed by atoms with Crippen LogP contribution in [0.2, 0.25) is 0 Å². The maximum Gasteiger partial charge on any atom is 0.255 e. The van der Waals surface area contributed by atoms with Crippen molar-refractivity contribution in [1.29, 1.82) is 0 Å². The molecule has 0 atom stereocenters. The monoisotopic (exact) mass is 401 g/mol. The van der Waals surface area contributed by atoms with Crippen LogP contribution in [0.1, 0.15) is 21.5 Å². The fraction of sp³-hybridized carbons (Fsp3) is 0.158. The predicted octanol–water partition coefficient (Wildman–Crippen LogP) is 3.59. The van der Waals surface area contributed by atoms with Crippen molar-refractivity contribution >= 4 is 33.0 Å². The van der Waals surface area contributed by atoms with Crippen molar-refractivity contribution in [2.75, 3.05) is 12.4 Å². The van der Waals surface area contributed by atoms with Crippen LogP contribution in [0.15, 0.2) is 52.9 Å². The zero-order valence-electron chi connectivity index (χ0n) is 15.1. The van der Waals surface area contributed by atoms with Crippen molar-refractivity contribution in [3.63, 3.8) is 0 Å². The number of sulfonamides is 1. The lowest BCUT2D eigenvalue weighted by Crippen LogP contribution is -2.21. The van der Waals surface area contributed by atoms with Crippen LogP contribution >= 0.6 is 11.3 Å². The molecule has 0 saturated heterocycles. The summed E-state index contributed by atoms with van der Waals surface area (Å²) in [5, 5.41) is 5.61. The first kappa shape index (κ1) is 19.2. The Kier molecular flexibility index (Phi) is 5.41. The Morgan fingerprint density at radius 1 is 1.11 bits per heavy atom. The van der Waals surface area contributed by atoms with Crippen LogP contribution in [0.3, 0.4) is 0 Å². The number of rotatable bonds is 5. The van der Waals surface area contributed by atoms with E-state index in [-0.39, 0.29) is 16.4 Å². The zero-order valence-corrected chi connectivity index (χ0v) is 16.7. The molecule has 0 unspecified atom stereocenters. The summed E-state index contributed by atoms with van der Waals surface area (Å²) in [5.74, 6) is -0.368. The molecule has 0 saturated carbocycles. The molecule has 1 heterocycles. The minimum absolute atomic E-state index is 0.106. The van der Waals surface area contributed by atoms with Crippen LogP contribution in [-0.4, -0.2) is 26.4 Å². The first-order chi connectivity index (χ1) is 12.8. The number of nitrogens with one attached hydrogen (secondary N) is 2. The van der Waals surface area contributed by atoms with Gasteiger partial charge in [0.2, 0.25) is 10.0 Å². The third-order valence-electron chi connectivity index (χ3n) is 4.26. The number of nitrogens with zero attached hydrogens (tertiary/aromatic N) is 1. The molecule has 140 valence electrons. The summed E-state index contributed by atoms with van der Waals surface area (Å²) < 4.78 is 26.7. The molecule has 0 aliphatic carbocycles. The van der Waals surface area contributed by atoms with Gasteiger partial charge in [-0.15, -0.1) is 11.3 Å². The largest absolute Gasteiger partial charge is 0.322 e. The number of benzene rings is 2. The van der Waals surface area contributed by atoms with E-state index in [1.54, 1.807) is 49.6 Å². The van der Waals surface area contributed by atoms with E-state index in [1.807, 2.05) is 17.5 Å². The first-order valence-electron chi connectivity index (χ1n) is 8.18. The summed E-state index contributed by atoms with van der Waals surface area (Å²) in [7, 11) is -2.30. The van der Waals surface area contributed by atoms with Crippen LogP contribution < -0.4 is 10.0 Å². The summed E-state index contributed by atoms with van der Waals surface area (Å²) in [6.07, 6.45) is 1.74. The molecule has 0 aliphatic rings. The fourth-order valence-electron chi connectivity index (χ4n) is 2.61. The zero-order chi connectivity index (χ0) is 19.6. The van der Waals surface area contributed by atoms with Gasteiger partial charge in [0.05, 0.1) is 4.90 Å². The topological polar surface area (TPSA) is 88.2 Å². The maximum absolute atomic E-state index is 12.6. The van der Waals surface area contributed by atoms with Gasteiger partial charge in [-0.3, -0.25) is 4.79 Å². The highest BCUT2D eigenvalue weighted by Gasteiger charge is 2.19. The van der Waals surface area contributed by atoms with E-state index in [1.165, 1.54) is 13.1 Å². The molecule has 1 amide bonds. The third kappa shape index (κ3) is 4.08. The molecule has 27 heavy (non-hydrogen) atoms. The third-order valence-corrected chi connectivity index (χ3v) is 6.62. The Balaban J connectivity index is 1.86. The van der Waals surface area contributed by atoms with Gasteiger partial charge in [-0.25, -0.2) is 18.1 Å². The van der Waals surface area contributed by atoms with Crippen LogP contribution in [-0.2, 0) is 10.0 Å². The van der Waals surface area contributed by atoms with E-state index in [9.17, 15) is 13.2 Å². The van der Waals surface area contributed by atoms with Gasteiger partial charge in [-0.1, -0.05) is 0 Å². The Bertz CT molecular complexity index is 1070. The second-order valence-electron chi connectivity index (χ2n) is 5.99. The van der Waals surface area contributed by atoms with E-state index >= 15 is 0 Å². The number of hydrogen-bond donors (Lipinski definition) is 2. The van der Waals surface area contributed by atoms with Gasteiger partial charge in [0, 0.05) is 28.4 Å². The molecule has 0 fully saturated rings. The van der Waals surface area contributed by atoms with Crippen LogP contribution in [0.25, 0.3) is 10.6 Å². The van der Waals surface area contributed by atoms with Crippen molar-refractivity contribution in [2.24, 2.45) is 0 Å². The molecular weight excluding hydrogens is 382 g/mol. The number of carbonyl (C=O) groups excluding carboxylic acids is 1. The molecule has 0 bridgehead atoms. The summed E-state index contributed by atoms with van der Waals surface area (Å²) >= 11 is 1.54. The molecule has 1 aromatic heterocycles. The van der Waals surface area contributed by atoms with Gasteiger partial charge in [0.15, 0.2) is 0 Å². The summed E-state index contributed by atoms with van der Waals surface area (Å²) in [4.78, 5) is 17.0. The van der Waals surface area contributed by atoms with Crippen molar-refractivity contribution in [1.82, 2.24) is 9.71 Å². The van der Waals surface area contributed by atoms with E-state index < -0.39 is 10.0 Å². The van der Waals surface area contributed by atoms with Gasteiger partial charge >= 0.3 is 0 Å². The number of aromatic nitrogens is 1. The molecule has 3 rings (SSSR count). The molecule has 2 N–H and O–H groups in total. The van der Waals surface area contributed by atoms with Gasteiger partial charge in [-0.05, 0) is 68.4 Å². The van der Waals surface area contributed by atoms with Crippen molar-refractivity contribution in [3.8, 4) is 10.6 Å². The summed E-state index contributed by atoms with van der Waals surface area (Å²) in [6, 6.07) is 10.4. The van der Waals surface area contributed by atoms with E-state index in [0.29, 0.717) is 11.3 Å². The van der Waals surface area contributed by atoms with Gasteiger partial charge in [-0.2, -0.15) is 0 Å². The second kappa shape index (κ2) is 7.59. The average molecular weight is 402 g/mol. The minimum Gasteiger partial charge on any atom is -0.322 e. The SMILES string of the molecule is CNS(=O)(=O)c1cc(C(=O)Nc2ccc(-c3nccs3)cc2)cc(C)c1C. The number of carbonyl (C=O) groups is 1. The van der Waals surface area contributed by atoms with E-state index in [0.717, 1.165) is 16.1 Å². The number of aryl methyl sites for hydroxylation is 1. The maximum atomic E-state index is 12.6. The van der Waals surface area contributed by atoms with Crippen LogP contribution in [0.4, 0.5) is 5.69 Å². The molecule has 8 heteroatoms. The van der Waals surface area contributed by atoms with Crippen LogP contribution in [0, 0.1) is 13.8 Å². The Labute approximate surface area is 162 Å². The highest BCUT2D eigenvalue weighted by molar-refractivity contribution is 7.89. The predicted molar refractivity (Wildman–Crippen MR) is 108 cm³/mol. The number of thiazole rings is 1. The van der Waals surface area contributed by atoms with Crippen molar-refractivity contribution in [3.05, 3.63) is 64.7 Å². The molecule has 6 nitrogen and oxygen atoms in total. The quantitative estimate of drug-likeness (QED) is 0.684. The lowest BCUT2D eigenvalue weighted by molar-refractivity contribution is 0.102. The van der Waals surface area contributed by atoms with Crippen LogP contribution in [0.5, 0.6) is 0 Å². The molecule has 0 spiro atoms. The Morgan fingerprint density at radius 2 is 1.81 bits per heavy atom. The standard InChI is InChI=1S/C19H19N3O3S2/c1-12-10-15(11-17(13(12)2)27(24,25)20-3)18(23)22-16-6-4-14(5-7-16)19-21-8-9-26-19/h4-11,20H,1-3H3,(H,22,23). The van der Waals surface area contributed by atoms with E-state index in [4.69, 9.17) is 0 Å². The first-order valence-corrected chi connectivity index (χ1v) is 10.5.